The molecule has 158 valence electrons. The van der Waals surface area contributed by atoms with Crippen LogP contribution in [0.5, 0.6) is 0 Å². The Morgan fingerprint density at radius 3 is 2.94 bits per heavy atom. The number of fused-ring (bicyclic) bond motifs is 1. The minimum absolute atomic E-state index is 0.0218. The summed E-state index contributed by atoms with van der Waals surface area (Å²) in [5.41, 5.74) is 1.23. The van der Waals surface area contributed by atoms with Crippen molar-refractivity contribution in [3.05, 3.63) is 54.9 Å². The molecule has 1 N–H and O–H groups in total. The molecular formula is C21H21FN8O. The van der Waals surface area contributed by atoms with E-state index in [1.54, 1.807) is 35.1 Å². The van der Waals surface area contributed by atoms with E-state index < -0.39 is 0 Å². The molecule has 4 aromatic heterocycles. The molecular weight excluding hydrogens is 399 g/mol. The second kappa shape index (κ2) is 7.78. The molecule has 5 heterocycles. The van der Waals surface area contributed by atoms with Gasteiger partial charge in [-0.1, -0.05) is 0 Å². The van der Waals surface area contributed by atoms with Crippen LogP contribution in [0.15, 0.2) is 49.1 Å². The molecule has 0 saturated carbocycles. The summed E-state index contributed by atoms with van der Waals surface area (Å²) in [5, 5.41) is 7.87. The average Bonchev–Trinajstić information content (AvgIpc) is 3.42. The Morgan fingerprint density at radius 1 is 1.19 bits per heavy atom. The predicted octanol–water partition coefficient (Wildman–Crippen LogP) is 3.22. The van der Waals surface area contributed by atoms with Gasteiger partial charge in [-0.3, -0.25) is 9.20 Å². The highest BCUT2D eigenvalue weighted by Crippen LogP contribution is 2.25. The molecule has 1 aliphatic rings. The fourth-order valence-electron chi connectivity index (χ4n) is 3.85. The van der Waals surface area contributed by atoms with Gasteiger partial charge in [0.15, 0.2) is 11.6 Å². The molecule has 0 aliphatic carbocycles. The maximum Gasteiger partial charge on any atom is 0.243 e. The average molecular weight is 420 g/mol. The van der Waals surface area contributed by atoms with Crippen LogP contribution >= 0.6 is 0 Å². The van der Waals surface area contributed by atoms with E-state index in [2.05, 4.69) is 30.3 Å². The van der Waals surface area contributed by atoms with Gasteiger partial charge in [0.05, 0.1) is 6.20 Å². The number of piperidine rings is 1. The summed E-state index contributed by atoms with van der Waals surface area (Å²) in [6.07, 6.45) is 9.36. The van der Waals surface area contributed by atoms with Crippen LogP contribution in [0.4, 0.5) is 16.0 Å². The molecule has 0 amide bonds. The van der Waals surface area contributed by atoms with Crippen LogP contribution < -0.4 is 10.2 Å². The lowest BCUT2D eigenvalue weighted by molar-refractivity contribution is 0.0921. The highest BCUT2D eigenvalue weighted by Gasteiger charge is 2.25. The van der Waals surface area contributed by atoms with Gasteiger partial charge in [-0.15, -0.1) is 5.10 Å². The van der Waals surface area contributed by atoms with E-state index in [4.69, 9.17) is 0 Å². The van der Waals surface area contributed by atoms with Crippen molar-refractivity contribution in [2.75, 3.05) is 16.8 Å². The van der Waals surface area contributed by atoms with Crippen molar-refractivity contribution in [2.45, 2.75) is 32.4 Å². The van der Waals surface area contributed by atoms with Gasteiger partial charge in [-0.2, -0.15) is 0 Å². The van der Waals surface area contributed by atoms with Crippen molar-refractivity contribution in [1.29, 1.82) is 0 Å². The fraction of sp³-hybridized carbons (Fsp3) is 0.286. The minimum atomic E-state index is -0.358. The number of aromatic nitrogens is 6. The maximum absolute atomic E-state index is 13.7. The first kappa shape index (κ1) is 19.2. The zero-order valence-electron chi connectivity index (χ0n) is 16.9. The van der Waals surface area contributed by atoms with Crippen LogP contribution in [-0.2, 0) is 0 Å². The molecule has 4 aromatic rings. The van der Waals surface area contributed by atoms with Crippen molar-refractivity contribution in [1.82, 2.24) is 29.1 Å². The molecule has 0 spiro atoms. The lowest BCUT2D eigenvalue weighted by atomic mass is 10.1. The second-order valence-corrected chi connectivity index (χ2v) is 7.47. The van der Waals surface area contributed by atoms with Gasteiger partial charge in [0.1, 0.15) is 29.1 Å². The SMILES string of the molecule is CC(=O)n1ccc(N2CCCC[C@@H]2Nc2ccnc(-c3cnc4ccc(F)cn34)n2)n1. The number of rotatable bonds is 4. The number of nitrogens with zero attached hydrogens (tertiary/aromatic N) is 7. The minimum Gasteiger partial charge on any atom is -0.350 e. The summed E-state index contributed by atoms with van der Waals surface area (Å²) in [7, 11) is 0. The van der Waals surface area contributed by atoms with E-state index >= 15 is 0 Å². The molecule has 0 unspecified atom stereocenters. The Bertz CT molecular complexity index is 1250. The first-order valence-corrected chi connectivity index (χ1v) is 10.1. The molecule has 10 heteroatoms. The first-order chi connectivity index (χ1) is 15.1. The number of pyridine rings is 1. The summed E-state index contributed by atoms with van der Waals surface area (Å²) in [5.74, 6) is 1.37. The Kier molecular flexibility index (Phi) is 4.81. The van der Waals surface area contributed by atoms with Crippen molar-refractivity contribution in [2.24, 2.45) is 0 Å². The van der Waals surface area contributed by atoms with Gasteiger partial charge < -0.3 is 10.2 Å². The molecule has 31 heavy (non-hydrogen) atoms. The maximum atomic E-state index is 13.7. The van der Waals surface area contributed by atoms with Crippen LogP contribution in [0.2, 0.25) is 0 Å². The van der Waals surface area contributed by atoms with E-state index in [9.17, 15) is 9.18 Å². The Labute approximate surface area is 177 Å². The van der Waals surface area contributed by atoms with E-state index in [1.807, 2.05) is 6.07 Å². The smallest absolute Gasteiger partial charge is 0.243 e. The predicted molar refractivity (Wildman–Crippen MR) is 113 cm³/mol. The van der Waals surface area contributed by atoms with Crippen LogP contribution in [-0.4, -0.2) is 47.8 Å². The highest BCUT2D eigenvalue weighted by atomic mass is 19.1. The van der Waals surface area contributed by atoms with Crippen LogP contribution in [0.25, 0.3) is 17.2 Å². The van der Waals surface area contributed by atoms with Crippen molar-refractivity contribution < 1.29 is 9.18 Å². The zero-order valence-corrected chi connectivity index (χ0v) is 16.9. The number of nitrogens with one attached hydrogen (secondary N) is 1. The summed E-state index contributed by atoms with van der Waals surface area (Å²) < 4.78 is 16.7. The number of imidazole rings is 1. The summed E-state index contributed by atoms with van der Waals surface area (Å²) >= 11 is 0. The summed E-state index contributed by atoms with van der Waals surface area (Å²) in [6.45, 7) is 2.31. The van der Waals surface area contributed by atoms with E-state index in [0.717, 1.165) is 31.6 Å². The Morgan fingerprint density at radius 2 is 2.10 bits per heavy atom. The Balaban J connectivity index is 1.42. The third kappa shape index (κ3) is 3.72. The molecule has 1 fully saturated rings. The lowest BCUT2D eigenvalue weighted by Crippen LogP contribution is -2.45. The van der Waals surface area contributed by atoms with Crippen molar-refractivity contribution in [3.8, 4) is 11.5 Å². The number of hydrogen-bond donors (Lipinski definition) is 1. The molecule has 9 nitrogen and oxygen atoms in total. The number of hydrogen-bond acceptors (Lipinski definition) is 7. The molecule has 5 rings (SSSR count). The van der Waals surface area contributed by atoms with Gasteiger partial charge in [0.2, 0.25) is 5.91 Å². The largest absolute Gasteiger partial charge is 0.350 e. The van der Waals surface area contributed by atoms with Gasteiger partial charge in [-0.25, -0.2) is 24.0 Å². The third-order valence-corrected chi connectivity index (χ3v) is 5.36. The van der Waals surface area contributed by atoms with E-state index in [1.165, 1.54) is 23.9 Å². The monoisotopic (exact) mass is 420 g/mol. The summed E-state index contributed by atoms with van der Waals surface area (Å²) in [6, 6.07) is 6.63. The summed E-state index contributed by atoms with van der Waals surface area (Å²) in [4.78, 5) is 27.0. The van der Waals surface area contributed by atoms with E-state index in [0.29, 0.717) is 23.0 Å². The van der Waals surface area contributed by atoms with Crippen LogP contribution in [0.3, 0.4) is 0 Å². The van der Waals surface area contributed by atoms with Gasteiger partial charge in [0.25, 0.3) is 0 Å². The molecule has 1 atom stereocenters. The van der Waals surface area contributed by atoms with E-state index in [-0.39, 0.29) is 17.9 Å². The fourth-order valence-corrected chi connectivity index (χ4v) is 3.85. The number of carbonyl (C=O) groups is 1. The molecule has 1 saturated heterocycles. The standard InChI is InChI=1S/C21H21FN8O/c1-14(31)30-11-8-20(27-30)28-10-3-2-4-19(28)25-17-7-9-23-21(26-17)16-12-24-18-6-5-15(22)13-29(16)18/h5-9,11-13,19H,2-4,10H2,1H3,(H,23,25,26)/t19-/m1/s1. The number of halogens is 1. The second-order valence-electron chi connectivity index (χ2n) is 7.47. The van der Waals surface area contributed by atoms with Crippen molar-refractivity contribution in [3.63, 3.8) is 0 Å². The molecule has 0 bridgehead atoms. The quantitative estimate of drug-likeness (QED) is 0.542. The van der Waals surface area contributed by atoms with Crippen LogP contribution in [0, 0.1) is 5.82 Å². The normalized spacial score (nSPS) is 16.6. The third-order valence-electron chi connectivity index (χ3n) is 5.36. The van der Waals surface area contributed by atoms with Gasteiger partial charge in [-0.05, 0) is 37.5 Å². The number of anilines is 2. The zero-order chi connectivity index (χ0) is 21.4. The van der Waals surface area contributed by atoms with Gasteiger partial charge in [0, 0.05) is 38.1 Å². The molecule has 1 aliphatic heterocycles. The first-order valence-electron chi connectivity index (χ1n) is 10.1. The number of carbonyl (C=O) groups excluding carboxylic acids is 1. The topological polar surface area (TPSA) is 93.2 Å². The molecule has 0 radical (unpaired) electrons. The van der Waals surface area contributed by atoms with Gasteiger partial charge >= 0.3 is 0 Å². The van der Waals surface area contributed by atoms with Crippen molar-refractivity contribution >= 4 is 23.2 Å². The highest BCUT2D eigenvalue weighted by molar-refractivity contribution is 5.75. The molecule has 0 aromatic carbocycles. The lowest BCUT2D eigenvalue weighted by Gasteiger charge is -2.36. The van der Waals surface area contributed by atoms with Crippen LogP contribution in [0.1, 0.15) is 31.0 Å². The Hall–Kier alpha value is -3.82.